The van der Waals surface area contributed by atoms with Crippen LogP contribution in [0.5, 0.6) is 0 Å². The van der Waals surface area contributed by atoms with Gasteiger partial charge in [0.25, 0.3) is 0 Å². The molecule has 3 aliphatic rings. The Balaban J connectivity index is 1.45. The van der Waals surface area contributed by atoms with E-state index < -0.39 is 5.79 Å². The van der Waals surface area contributed by atoms with Crippen LogP contribution in [-0.2, 0) is 25.6 Å². The van der Waals surface area contributed by atoms with Crippen LogP contribution in [0.4, 0.5) is 0 Å². The lowest BCUT2D eigenvalue weighted by atomic mass is 9.94. The third kappa shape index (κ3) is 2.98. The van der Waals surface area contributed by atoms with E-state index in [1.54, 1.807) is 11.3 Å². The molecule has 4 nitrogen and oxygen atoms in total. The maximum atomic E-state index is 6.39. The summed E-state index contributed by atoms with van der Waals surface area (Å²) in [7, 11) is 0. The van der Waals surface area contributed by atoms with Crippen LogP contribution in [0.2, 0.25) is 0 Å². The molecular weight excluding hydrogens is 312 g/mol. The molecule has 23 heavy (non-hydrogen) atoms. The summed E-state index contributed by atoms with van der Waals surface area (Å²) in [5.74, 6) is -0.411. The largest absolute Gasteiger partial charge is 0.368 e. The summed E-state index contributed by atoms with van der Waals surface area (Å²) in [5, 5.41) is 2.12. The van der Waals surface area contributed by atoms with Crippen LogP contribution in [0.1, 0.15) is 55.9 Å². The van der Waals surface area contributed by atoms with Gasteiger partial charge in [0.1, 0.15) is 12.2 Å². The van der Waals surface area contributed by atoms with Crippen molar-refractivity contribution in [3.8, 4) is 0 Å². The number of ether oxygens (including phenoxy) is 4. The lowest BCUT2D eigenvalue weighted by Gasteiger charge is -2.34. The minimum Gasteiger partial charge on any atom is -0.368 e. The van der Waals surface area contributed by atoms with Gasteiger partial charge in [0.05, 0.1) is 12.7 Å². The van der Waals surface area contributed by atoms with Crippen molar-refractivity contribution in [1.82, 2.24) is 0 Å². The molecule has 0 amide bonds. The van der Waals surface area contributed by atoms with E-state index in [-0.39, 0.29) is 24.6 Å². The topological polar surface area (TPSA) is 36.9 Å². The Labute approximate surface area is 142 Å². The van der Waals surface area contributed by atoms with Crippen LogP contribution in [0.15, 0.2) is 11.4 Å². The summed E-state index contributed by atoms with van der Waals surface area (Å²) >= 11 is 1.76. The highest BCUT2D eigenvalue weighted by Crippen LogP contribution is 2.46. The Bertz CT molecular complexity index is 537. The summed E-state index contributed by atoms with van der Waals surface area (Å²) in [4.78, 5) is 1.32. The third-order valence-corrected chi connectivity index (χ3v) is 6.25. The predicted molar refractivity (Wildman–Crippen MR) is 88.4 cm³/mol. The Morgan fingerprint density at radius 1 is 1.26 bits per heavy atom. The van der Waals surface area contributed by atoms with E-state index in [0.29, 0.717) is 6.61 Å². The Morgan fingerprint density at radius 2 is 2.09 bits per heavy atom. The molecule has 4 atom stereocenters. The van der Waals surface area contributed by atoms with Crippen molar-refractivity contribution < 1.29 is 18.9 Å². The number of rotatable bonds is 4. The molecule has 5 heteroatoms. The van der Waals surface area contributed by atoms with Crippen LogP contribution in [-0.4, -0.2) is 30.4 Å². The predicted octanol–water partition coefficient (Wildman–Crippen LogP) is 4.15. The van der Waals surface area contributed by atoms with Crippen molar-refractivity contribution in [2.24, 2.45) is 0 Å². The highest BCUT2D eigenvalue weighted by Gasteiger charge is 2.57. The SMILES string of the molecule is CC[C@H]1O[C@@H]2OC3(CCCCC3)O[C@@H]2[C@H]1OCc1ccsc1C. The van der Waals surface area contributed by atoms with E-state index in [1.165, 1.54) is 29.7 Å². The van der Waals surface area contributed by atoms with E-state index in [1.807, 2.05) is 0 Å². The summed E-state index contributed by atoms with van der Waals surface area (Å²) in [6.07, 6.45) is 6.19. The molecule has 0 radical (unpaired) electrons. The molecule has 3 fully saturated rings. The van der Waals surface area contributed by atoms with Crippen molar-refractivity contribution in [3.05, 3.63) is 21.9 Å². The molecular formula is C18H26O4S. The Morgan fingerprint density at radius 3 is 2.78 bits per heavy atom. The zero-order chi connectivity index (χ0) is 15.9. The normalized spacial score (nSPS) is 35.7. The first-order chi connectivity index (χ1) is 11.2. The van der Waals surface area contributed by atoms with E-state index in [0.717, 1.165) is 19.3 Å². The number of hydrogen-bond donors (Lipinski definition) is 0. The van der Waals surface area contributed by atoms with Crippen molar-refractivity contribution in [1.29, 1.82) is 0 Å². The smallest absolute Gasteiger partial charge is 0.190 e. The zero-order valence-electron chi connectivity index (χ0n) is 14.0. The van der Waals surface area contributed by atoms with E-state index in [9.17, 15) is 0 Å². The van der Waals surface area contributed by atoms with E-state index in [2.05, 4.69) is 25.3 Å². The van der Waals surface area contributed by atoms with Gasteiger partial charge in [-0.3, -0.25) is 0 Å². The van der Waals surface area contributed by atoms with Crippen LogP contribution < -0.4 is 0 Å². The fraction of sp³-hybridized carbons (Fsp3) is 0.778. The van der Waals surface area contributed by atoms with E-state index in [4.69, 9.17) is 18.9 Å². The number of thiophene rings is 1. The molecule has 128 valence electrons. The van der Waals surface area contributed by atoms with Gasteiger partial charge in [-0.1, -0.05) is 13.3 Å². The van der Waals surface area contributed by atoms with E-state index >= 15 is 0 Å². The van der Waals surface area contributed by atoms with Crippen molar-refractivity contribution in [2.45, 2.75) is 89.4 Å². The quantitative estimate of drug-likeness (QED) is 0.826. The average Bonchev–Trinajstić information content (AvgIpc) is 3.19. The minimum atomic E-state index is -0.411. The third-order valence-electron chi connectivity index (χ3n) is 5.36. The molecule has 0 bridgehead atoms. The molecule has 1 saturated carbocycles. The lowest BCUT2D eigenvalue weighted by Crippen LogP contribution is -2.39. The monoisotopic (exact) mass is 338 g/mol. The van der Waals surface area contributed by atoms with Crippen molar-refractivity contribution >= 4 is 11.3 Å². The molecule has 2 aliphatic heterocycles. The van der Waals surface area contributed by atoms with Crippen molar-refractivity contribution in [3.63, 3.8) is 0 Å². The average molecular weight is 338 g/mol. The van der Waals surface area contributed by atoms with Gasteiger partial charge in [0.2, 0.25) is 0 Å². The van der Waals surface area contributed by atoms with Gasteiger partial charge in [-0.2, -0.15) is 0 Å². The molecule has 1 spiro atoms. The summed E-state index contributed by atoms with van der Waals surface area (Å²) in [6, 6.07) is 2.14. The molecule has 0 N–H and O–H groups in total. The zero-order valence-corrected chi connectivity index (χ0v) is 14.8. The molecule has 1 aromatic rings. The highest BCUT2D eigenvalue weighted by molar-refractivity contribution is 7.10. The lowest BCUT2D eigenvalue weighted by molar-refractivity contribution is -0.249. The number of hydrogen-bond acceptors (Lipinski definition) is 5. The van der Waals surface area contributed by atoms with Crippen LogP contribution in [0, 0.1) is 6.92 Å². The first kappa shape index (κ1) is 16.0. The first-order valence-electron chi connectivity index (χ1n) is 8.86. The van der Waals surface area contributed by atoms with Gasteiger partial charge in [-0.25, -0.2) is 0 Å². The molecule has 2 saturated heterocycles. The second-order valence-electron chi connectivity index (χ2n) is 6.90. The fourth-order valence-electron chi connectivity index (χ4n) is 4.00. The maximum absolute atomic E-state index is 6.39. The van der Waals surface area contributed by atoms with Gasteiger partial charge >= 0.3 is 0 Å². The molecule has 0 unspecified atom stereocenters. The first-order valence-corrected chi connectivity index (χ1v) is 9.74. The highest BCUT2D eigenvalue weighted by atomic mass is 32.1. The molecule has 1 aromatic heterocycles. The van der Waals surface area contributed by atoms with Crippen LogP contribution in [0.25, 0.3) is 0 Å². The Hall–Kier alpha value is -0.460. The molecule has 4 rings (SSSR count). The van der Waals surface area contributed by atoms with Gasteiger partial charge in [-0.05, 0) is 43.2 Å². The second-order valence-corrected chi connectivity index (χ2v) is 8.02. The standard InChI is InChI=1S/C18H26O4S/c1-3-14-15(19-11-13-7-10-23-12(13)2)16-17(20-14)22-18(21-16)8-5-4-6-9-18/h7,10,14-17H,3-6,8-9,11H2,1-2H3/t14-,15+,16-,17-/m1/s1. The van der Waals surface area contributed by atoms with Gasteiger partial charge in [0, 0.05) is 17.7 Å². The number of aryl methyl sites for hydroxylation is 1. The van der Waals surface area contributed by atoms with Crippen LogP contribution >= 0.6 is 11.3 Å². The van der Waals surface area contributed by atoms with Crippen molar-refractivity contribution in [2.75, 3.05) is 0 Å². The maximum Gasteiger partial charge on any atom is 0.190 e. The van der Waals surface area contributed by atoms with Gasteiger partial charge < -0.3 is 18.9 Å². The Kier molecular flexibility index (Phi) is 4.50. The summed E-state index contributed by atoms with van der Waals surface area (Å²) in [5.41, 5.74) is 1.26. The molecule has 1 aliphatic carbocycles. The van der Waals surface area contributed by atoms with Gasteiger partial charge in [-0.15, -0.1) is 11.3 Å². The summed E-state index contributed by atoms with van der Waals surface area (Å²) < 4.78 is 25.0. The van der Waals surface area contributed by atoms with Gasteiger partial charge in [0.15, 0.2) is 12.1 Å². The second kappa shape index (κ2) is 6.45. The minimum absolute atomic E-state index is 0.0365. The fourth-order valence-corrected chi connectivity index (χ4v) is 4.72. The number of fused-ring (bicyclic) bond motifs is 1. The molecule has 3 heterocycles. The molecule has 0 aromatic carbocycles. The summed E-state index contributed by atoms with van der Waals surface area (Å²) in [6.45, 7) is 4.90. The van der Waals surface area contributed by atoms with Crippen LogP contribution in [0.3, 0.4) is 0 Å².